The highest BCUT2D eigenvalue weighted by Gasteiger charge is 2.35. The topological polar surface area (TPSA) is 86.8 Å². The van der Waals surface area contributed by atoms with E-state index in [4.69, 9.17) is 11.6 Å². The molecule has 0 radical (unpaired) electrons. The molecule has 0 aliphatic heterocycles. The van der Waals surface area contributed by atoms with Gasteiger partial charge in [-0.25, -0.2) is 12.8 Å². The van der Waals surface area contributed by atoms with Gasteiger partial charge in [0.1, 0.15) is 18.4 Å². The molecule has 0 bridgehead atoms. The maximum atomic E-state index is 14.3. The Labute approximate surface area is 257 Å². The highest BCUT2D eigenvalue weighted by atomic mass is 35.5. The summed E-state index contributed by atoms with van der Waals surface area (Å²) < 4.78 is 42.9. The van der Waals surface area contributed by atoms with Crippen molar-refractivity contribution in [1.29, 1.82) is 0 Å². The number of carbonyl (C=O) groups is 2. The van der Waals surface area contributed by atoms with Crippen LogP contribution in [0, 0.1) is 12.7 Å². The molecule has 4 rings (SSSR count). The molecule has 0 heterocycles. The lowest BCUT2D eigenvalue weighted by molar-refractivity contribution is -0.140. The van der Waals surface area contributed by atoms with Gasteiger partial charge < -0.3 is 10.2 Å². The molecule has 0 saturated carbocycles. The van der Waals surface area contributed by atoms with Crippen LogP contribution in [0.3, 0.4) is 0 Å². The van der Waals surface area contributed by atoms with Crippen LogP contribution in [0.15, 0.2) is 108 Å². The maximum absolute atomic E-state index is 14.3. The molecule has 4 aromatic carbocycles. The summed E-state index contributed by atoms with van der Waals surface area (Å²) in [6.07, 6.45) is 0.182. The number of carbonyl (C=O) groups excluding carboxylic acids is 2. The van der Waals surface area contributed by atoms with E-state index in [9.17, 15) is 22.4 Å². The van der Waals surface area contributed by atoms with Crippen molar-refractivity contribution < 1.29 is 22.4 Å². The van der Waals surface area contributed by atoms with Crippen molar-refractivity contribution in [1.82, 2.24) is 10.2 Å². The lowest BCUT2D eigenvalue weighted by Crippen LogP contribution is -2.53. The van der Waals surface area contributed by atoms with Crippen LogP contribution < -0.4 is 9.62 Å². The highest BCUT2D eigenvalue weighted by molar-refractivity contribution is 7.92. The summed E-state index contributed by atoms with van der Waals surface area (Å²) in [7, 11) is -4.24. The number of nitrogens with zero attached hydrogens (tertiary/aromatic N) is 2. The Morgan fingerprint density at radius 1 is 0.860 bits per heavy atom. The van der Waals surface area contributed by atoms with Crippen molar-refractivity contribution in [2.24, 2.45) is 0 Å². The van der Waals surface area contributed by atoms with Gasteiger partial charge in [-0.05, 0) is 66.9 Å². The maximum Gasteiger partial charge on any atom is 0.264 e. The normalized spacial score (nSPS) is 11.9. The number of benzene rings is 4. The van der Waals surface area contributed by atoms with Gasteiger partial charge >= 0.3 is 0 Å². The predicted octanol–water partition coefficient (Wildman–Crippen LogP) is 5.76. The Morgan fingerprint density at radius 2 is 1.49 bits per heavy atom. The molecule has 0 aromatic heterocycles. The zero-order valence-corrected chi connectivity index (χ0v) is 25.5. The minimum atomic E-state index is -4.24. The fraction of sp³-hybridized carbons (Fsp3) is 0.212. The lowest BCUT2D eigenvalue weighted by Gasteiger charge is -2.34. The van der Waals surface area contributed by atoms with Crippen molar-refractivity contribution in [3.8, 4) is 0 Å². The number of sulfonamides is 1. The van der Waals surface area contributed by atoms with E-state index in [2.05, 4.69) is 5.32 Å². The van der Waals surface area contributed by atoms with E-state index in [1.165, 1.54) is 41.3 Å². The zero-order chi connectivity index (χ0) is 31.0. The van der Waals surface area contributed by atoms with E-state index < -0.39 is 40.2 Å². The first kappa shape index (κ1) is 31.7. The summed E-state index contributed by atoms with van der Waals surface area (Å²) in [6.45, 7) is 3.13. The minimum Gasteiger partial charge on any atom is -0.355 e. The van der Waals surface area contributed by atoms with Gasteiger partial charge in [-0.2, -0.15) is 0 Å². The third kappa shape index (κ3) is 7.80. The fourth-order valence-electron chi connectivity index (χ4n) is 4.73. The van der Waals surface area contributed by atoms with Crippen LogP contribution in [0.4, 0.5) is 10.1 Å². The van der Waals surface area contributed by atoms with Crippen LogP contribution in [0.1, 0.15) is 23.6 Å². The summed E-state index contributed by atoms with van der Waals surface area (Å²) in [5.41, 5.74) is 2.11. The Bertz CT molecular complexity index is 1650. The average Bonchev–Trinajstić information content (AvgIpc) is 3.01. The van der Waals surface area contributed by atoms with Gasteiger partial charge in [0.15, 0.2) is 0 Å². The van der Waals surface area contributed by atoms with Crippen LogP contribution >= 0.6 is 11.6 Å². The van der Waals surface area contributed by atoms with Gasteiger partial charge in [-0.15, -0.1) is 0 Å². The van der Waals surface area contributed by atoms with Crippen LogP contribution in [0.25, 0.3) is 0 Å². The molecule has 4 aromatic rings. The van der Waals surface area contributed by atoms with Crippen LogP contribution in [-0.4, -0.2) is 44.3 Å². The number of likely N-dealkylation sites (N-methyl/N-ethyl adjacent to an activating group) is 1. The number of rotatable bonds is 12. The van der Waals surface area contributed by atoms with E-state index in [0.717, 1.165) is 9.87 Å². The fourth-order valence-corrected chi connectivity index (χ4v) is 6.39. The third-order valence-corrected chi connectivity index (χ3v) is 9.19. The van der Waals surface area contributed by atoms with E-state index in [0.29, 0.717) is 22.7 Å². The first-order valence-corrected chi connectivity index (χ1v) is 15.6. The van der Waals surface area contributed by atoms with Gasteiger partial charge in [0.25, 0.3) is 10.0 Å². The van der Waals surface area contributed by atoms with Crippen LogP contribution in [-0.2, 0) is 32.6 Å². The van der Waals surface area contributed by atoms with E-state index >= 15 is 0 Å². The molecular weight excluding hydrogens is 589 g/mol. The molecule has 0 aliphatic carbocycles. The molecule has 0 spiro atoms. The van der Waals surface area contributed by atoms with Gasteiger partial charge in [0, 0.05) is 24.5 Å². The number of hydrogen-bond acceptors (Lipinski definition) is 4. The summed E-state index contributed by atoms with van der Waals surface area (Å²) >= 11 is 6.39. The second-order valence-corrected chi connectivity index (χ2v) is 12.2. The molecule has 0 fully saturated rings. The summed E-state index contributed by atoms with van der Waals surface area (Å²) in [5, 5.41) is 3.15. The first-order chi connectivity index (χ1) is 20.6. The highest BCUT2D eigenvalue weighted by Crippen LogP contribution is 2.31. The first-order valence-electron chi connectivity index (χ1n) is 13.8. The molecule has 1 N–H and O–H groups in total. The quantitative estimate of drug-likeness (QED) is 0.218. The monoisotopic (exact) mass is 621 g/mol. The lowest BCUT2D eigenvalue weighted by atomic mass is 10.0. The molecular formula is C33H33ClFN3O4S. The number of anilines is 1. The molecule has 0 aliphatic rings. The second kappa shape index (κ2) is 14.3. The zero-order valence-electron chi connectivity index (χ0n) is 23.9. The van der Waals surface area contributed by atoms with E-state index in [1.54, 1.807) is 50.2 Å². The van der Waals surface area contributed by atoms with Crippen molar-refractivity contribution in [2.75, 3.05) is 17.4 Å². The van der Waals surface area contributed by atoms with Crippen molar-refractivity contribution in [3.05, 3.63) is 131 Å². The van der Waals surface area contributed by atoms with Crippen LogP contribution in [0.2, 0.25) is 5.02 Å². The Kier molecular flexibility index (Phi) is 10.6. The Balaban J connectivity index is 1.81. The van der Waals surface area contributed by atoms with Crippen molar-refractivity contribution >= 4 is 39.1 Å². The molecule has 224 valence electrons. The molecule has 43 heavy (non-hydrogen) atoms. The summed E-state index contributed by atoms with van der Waals surface area (Å²) in [4.78, 5) is 29.2. The van der Waals surface area contributed by atoms with Gasteiger partial charge in [-0.3, -0.25) is 13.9 Å². The third-order valence-electron chi connectivity index (χ3n) is 7.01. The van der Waals surface area contributed by atoms with Crippen molar-refractivity contribution in [2.45, 2.75) is 37.8 Å². The van der Waals surface area contributed by atoms with Crippen LogP contribution in [0.5, 0.6) is 0 Å². The number of halogens is 2. The minimum absolute atomic E-state index is 0.00294. The van der Waals surface area contributed by atoms with E-state index in [1.807, 2.05) is 30.3 Å². The largest absolute Gasteiger partial charge is 0.355 e. The summed E-state index contributed by atoms with van der Waals surface area (Å²) in [5.74, 6) is -1.45. The van der Waals surface area contributed by atoms with E-state index in [-0.39, 0.29) is 23.5 Å². The Hall–Kier alpha value is -4.21. The predicted molar refractivity (Wildman–Crippen MR) is 167 cm³/mol. The van der Waals surface area contributed by atoms with Gasteiger partial charge in [-0.1, -0.05) is 78.3 Å². The van der Waals surface area contributed by atoms with Gasteiger partial charge in [0.2, 0.25) is 11.8 Å². The number of nitrogens with one attached hydrogen (secondary N) is 1. The SMILES string of the molecule is CCNC(=O)[C@@H](Cc1ccccc1)N(Cc1ccc(F)cc1)C(=O)CN(c1cccc(Cl)c1C)S(=O)(=O)c1ccccc1. The van der Waals surface area contributed by atoms with Crippen molar-refractivity contribution in [3.63, 3.8) is 0 Å². The average molecular weight is 622 g/mol. The number of hydrogen-bond donors (Lipinski definition) is 1. The standard InChI is InChI=1S/C33H33ClFN3O4S/c1-3-36-33(40)31(21-25-11-6-4-7-12-25)37(22-26-17-19-27(35)20-18-26)32(39)23-38(30-16-10-15-29(34)24(30)2)43(41,42)28-13-8-5-9-14-28/h4-20,31H,3,21-23H2,1-2H3,(H,36,40)/t31-/m1/s1. The molecule has 0 unspecified atom stereocenters. The molecule has 10 heteroatoms. The summed E-state index contributed by atoms with van der Waals surface area (Å²) in [6, 6.07) is 26.5. The van der Waals surface area contributed by atoms with Gasteiger partial charge in [0.05, 0.1) is 10.6 Å². The smallest absolute Gasteiger partial charge is 0.264 e. The molecule has 1 atom stereocenters. The Morgan fingerprint density at radius 3 is 2.12 bits per heavy atom. The number of amides is 2. The molecule has 7 nitrogen and oxygen atoms in total. The molecule has 0 saturated heterocycles. The second-order valence-electron chi connectivity index (χ2n) is 9.96. The molecule has 2 amide bonds.